The van der Waals surface area contributed by atoms with E-state index in [1.54, 1.807) is 30.0 Å². The van der Waals surface area contributed by atoms with Crippen molar-refractivity contribution in [3.63, 3.8) is 0 Å². The fraction of sp³-hybridized carbons (Fsp3) is 0.227. The molecule has 0 spiro atoms. The molecule has 1 heterocycles. The summed E-state index contributed by atoms with van der Waals surface area (Å²) in [5.74, 6) is 0.902. The summed E-state index contributed by atoms with van der Waals surface area (Å²) in [6.45, 7) is 4.27. The Morgan fingerprint density at radius 1 is 1.14 bits per heavy atom. The molecular formula is C22H23N3O3S. The van der Waals surface area contributed by atoms with Gasteiger partial charge in [0, 0.05) is 28.3 Å². The van der Waals surface area contributed by atoms with Crippen LogP contribution in [0.25, 0.3) is 0 Å². The Kier molecular flexibility index (Phi) is 6.72. The lowest BCUT2D eigenvalue weighted by Gasteiger charge is -2.10. The summed E-state index contributed by atoms with van der Waals surface area (Å²) < 4.78 is 5.21. The van der Waals surface area contributed by atoms with E-state index in [4.69, 9.17) is 10.3 Å². The highest BCUT2D eigenvalue weighted by Gasteiger charge is 2.14. The van der Waals surface area contributed by atoms with Gasteiger partial charge in [0.1, 0.15) is 5.76 Å². The summed E-state index contributed by atoms with van der Waals surface area (Å²) in [5.41, 5.74) is 9.29. The van der Waals surface area contributed by atoms with Crippen molar-refractivity contribution in [1.82, 2.24) is 10.5 Å². The predicted molar refractivity (Wildman–Crippen MR) is 113 cm³/mol. The molecule has 7 heteroatoms. The van der Waals surface area contributed by atoms with Crippen LogP contribution in [-0.2, 0) is 12.2 Å². The normalized spacial score (nSPS) is 10.7. The minimum Gasteiger partial charge on any atom is -0.366 e. The third kappa shape index (κ3) is 5.26. The Bertz CT molecular complexity index is 1010. The molecule has 2 aromatic carbocycles. The Hall–Kier alpha value is -3.06. The molecule has 0 atom stereocenters. The van der Waals surface area contributed by atoms with E-state index in [1.165, 1.54) is 0 Å². The minimum atomic E-state index is -0.458. The second kappa shape index (κ2) is 9.43. The van der Waals surface area contributed by atoms with Crippen LogP contribution >= 0.6 is 11.8 Å². The zero-order chi connectivity index (χ0) is 20.8. The number of nitrogens with two attached hydrogens (primary N) is 1. The number of nitrogens with one attached hydrogen (secondary N) is 1. The molecule has 0 unspecified atom stereocenters. The number of amides is 2. The number of aryl methyl sites for hydroxylation is 2. The van der Waals surface area contributed by atoms with Crippen molar-refractivity contribution in [3.8, 4) is 0 Å². The third-order valence-corrected chi connectivity index (χ3v) is 5.70. The van der Waals surface area contributed by atoms with Crippen LogP contribution in [0.2, 0.25) is 0 Å². The topological polar surface area (TPSA) is 98.2 Å². The van der Waals surface area contributed by atoms with Crippen LogP contribution in [-0.4, -0.2) is 23.5 Å². The van der Waals surface area contributed by atoms with Gasteiger partial charge in [-0.1, -0.05) is 29.4 Å². The Morgan fingerprint density at radius 2 is 1.93 bits per heavy atom. The lowest BCUT2D eigenvalue weighted by Crippen LogP contribution is -2.26. The van der Waals surface area contributed by atoms with Crippen LogP contribution in [0, 0.1) is 13.8 Å². The Labute approximate surface area is 173 Å². The third-order valence-electron chi connectivity index (χ3n) is 4.60. The number of carbonyl (C=O) groups excluding carboxylic acids is 2. The lowest BCUT2D eigenvalue weighted by atomic mass is 10.1. The quantitative estimate of drug-likeness (QED) is 0.553. The highest BCUT2D eigenvalue weighted by Crippen LogP contribution is 2.28. The van der Waals surface area contributed by atoms with Gasteiger partial charge < -0.3 is 15.6 Å². The standard InChI is InChI=1S/C22H23N3O3S/c1-14-19(15(2)28-25-14)13-29-20-9-4-3-8-18(20)22(27)24-11-10-16-6-5-7-17(12-16)21(23)26/h3-9,12H,10-11,13H2,1-2H3,(H2,23,26)(H,24,27). The molecule has 0 radical (unpaired) electrons. The van der Waals surface area contributed by atoms with Gasteiger partial charge in [0.15, 0.2) is 0 Å². The zero-order valence-electron chi connectivity index (χ0n) is 16.4. The van der Waals surface area contributed by atoms with Crippen molar-refractivity contribution in [1.29, 1.82) is 0 Å². The summed E-state index contributed by atoms with van der Waals surface area (Å²) in [5, 5.41) is 6.93. The molecule has 150 valence electrons. The molecule has 29 heavy (non-hydrogen) atoms. The minimum absolute atomic E-state index is 0.127. The van der Waals surface area contributed by atoms with Crippen LogP contribution in [0.5, 0.6) is 0 Å². The molecule has 3 aromatic rings. The summed E-state index contributed by atoms with van der Waals surface area (Å²) in [6.07, 6.45) is 0.612. The Morgan fingerprint density at radius 3 is 2.66 bits per heavy atom. The molecule has 6 nitrogen and oxygen atoms in total. The van der Waals surface area contributed by atoms with Crippen LogP contribution < -0.4 is 11.1 Å². The zero-order valence-corrected chi connectivity index (χ0v) is 17.2. The van der Waals surface area contributed by atoms with E-state index in [-0.39, 0.29) is 5.91 Å². The molecule has 0 bridgehead atoms. The SMILES string of the molecule is Cc1noc(C)c1CSc1ccccc1C(=O)NCCc1cccc(C(N)=O)c1. The van der Waals surface area contributed by atoms with Crippen molar-refractivity contribution < 1.29 is 14.1 Å². The van der Waals surface area contributed by atoms with Crippen molar-refractivity contribution in [2.75, 3.05) is 6.54 Å². The second-order valence-electron chi connectivity index (χ2n) is 6.66. The summed E-state index contributed by atoms with van der Waals surface area (Å²) in [7, 11) is 0. The van der Waals surface area contributed by atoms with E-state index in [2.05, 4.69) is 10.5 Å². The average Bonchev–Trinajstić information content (AvgIpc) is 3.04. The fourth-order valence-electron chi connectivity index (χ4n) is 2.93. The molecule has 3 rings (SSSR count). The second-order valence-corrected chi connectivity index (χ2v) is 7.68. The smallest absolute Gasteiger partial charge is 0.252 e. The van der Waals surface area contributed by atoms with Crippen molar-refractivity contribution >= 4 is 23.6 Å². The number of rotatable bonds is 8. The van der Waals surface area contributed by atoms with E-state index in [0.29, 0.717) is 29.8 Å². The fourth-order valence-corrected chi connectivity index (χ4v) is 4.14. The summed E-state index contributed by atoms with van der Waals surface area (Å²) in [6, 6.07) is 14.7. The highest BCUT2D eigenvalue weighted by molar-refractivity contribution is 7.98. The molecule has 0 aliphatic heterocycles. The first kappa shape index (κ1) is 20.7. The molecule has 0 saturated carbocycles. The molecule has 0 fully saturated rings. The van der Waals surface area contributed by atoms with E-state index >= 15 is 0 Å². The lowest BCUT2D eigenvalue weighted by molar-refractivity contribution is 0.0949. The monoisotopic (exact) mass is 409 g/mol. The number of hydrogen-bond acceptors (Lipinski definition) is 5. The van der Waals surface area contributed by atoms with Gasteiger partial charge in [0.25, 0.3) is 5.91 Å². The molecule has 0 saturated heterocycles. The first-order valence-electron chi connectivity index (χ1n) is 9.26. The van der Waals surface area contributed by atoms with Crippen LogP contribution in [0.4, 0.5) is 0 Å². The van der Waals surface area contributed by atoms with Gasteiger partial charge in [-0.15, -0.1) is 11.8 Å². The average molecular weight is 410 g/mol. The number of carbonyl (C=O) groups is 2. The van der Waals surface area contributed by atoms with Gasteiger partial charge in [-0.3, -0.25) is 9.59 Å². The maximum Gasteiger partial charge on any atom is 0.252 e. The summed E-state index contributed by atoms with van der Waals surface area (Å²) in [4.78, 5) is 24.9. The van der Waals surface area contributed by atoms with Crippen LogP contribution in [0.15, 0.2) is 57.9 Å². The number of primary amides is 1. The van der Waals surface area contributed by atoms with Crippen LogP contribution in [0.3, 0.4) is 0 Å². The van der Waals surface area contributed by atoms with E-state index < -0.39 is 5.91 Å². The molecule has 2 amide bonds. The van der Waals surface area contributed by atoms with Gasteiger partial charge in [0.05, 0.1) is 11.3 Å². The number of benzene rings is 2. The van der Waals surface area contributed by atoms with E-state index in [9.17, 15) is 9.59 Å². The molecule has 0 aliphatic carbocycles. The van der Waals surface area contributed by atoms with E-state index in [0.717, 1.165) is 27.5 Å². The highest BCUT2D eigenvalue weighted by atomic mass is 32.2. The van der Waals surface area contributed by atoms with Gasteiger partial charge >= 0.3 is 0 Å². The maximum atomic E-state index is 12.7. The molecule has 1 aromatic heterocycles. The number of hydrogen-bond donors (Lipinski definition) is 2. The molecule has 0 aliphatic rings. The maximum absolute atomic E-state index is 12.7. The molecular weight excluding hydrogens is 386 g/mol. The van der Waals surface area contributed by atoms with Gasteiger partial charge in [0.2, 0.25) is 5.91 Å². The van der Waals surface area contributed by atoms with Crippen molar-refractivity contribution in [3.05, 3.63) is 82.2 Å². The van der Waals surface area contributed by atoms with Crippen molar-refractivity contribution in [2.45, 2.75) is 30.9 Å². The van der Waals surface area contributed by atoms with Gasteiger partial charge in [-0.05, 0) is 50.1 Å². The largest absolute Gasteiger partial charge is 0.366 e. The van der Waals surface area contributed by atoms with Crippen molar-refractivity contribution in [2.24, 2.45) is 5.73 Å². The summed E-state index contributed by atoms with van der Waals surface area (Å²) >= 11 is 1.58. The predicted octanol–water partition coefficient (Wildman–Crippen LogP) is 3.66. The number of nitrogens with zero attached hydrogens (tertiary/aromatic N) is 1. The molecule has 3 N–H and O–H groups in total. The number of thioether (sulfide) groups is 1. The van der Waals surface area contributed by atoms with Gasteiger partial charge in [-0.25, -0.2) is 0 Å². The van der Waals surface area contributed by atoms with Crippen LogP contribution in [0.1, 0.15) is 43.3 Å². The first-order chi connectivity index (χ1) is 14.0. The number of aromatic nitrogens is 1. The Balaban J connectivity index is 1.61. The van der Waals surface area contributed by atoms with E-state index in [1.807, 2.05) is 44.2 Å². The first-order valence-corrected chi connectivity index (χ1v) is 10.2. The van der Waals surface area contributed by atoms with Gasteiger partial charge in [-0.2, -0.15) is 0 Å².